The van der Waals surface area contributed by atoms with Crippen molar-refractivity contribution < 1.29 is 26.4 Å². The van der Waals surface area contributed by atoms with E-state index >= 15 is 0 Å². The number of carbonyl (C=O) groups is 1. The van der Waals surface area contributed by atoms with Crippen molar-refractivity contribution in [3.63, 3.8) is 0 Å². The van der Waals surface area contributed by atoms with Gasteiger partial charge in [-0.25, -0.2) is 18.1 Å². The smallest absolute Gasteiger partial charge is 0.342 e. The van der Waals surface area contributed by atoms with E-state index in [-0.39, 0.29) is 24.7 Å². The summed E-state index contributed by atoms with van der Waals surface area (Å²) in [6.45, 7) is 2.35. The number of nitrogens with one attached hydrogen (secondary N) is 1. The fraction of sp³-hybridized carbons (Fsp3) is 0.360. The van der Waals surface area contributed by atoms with Gasteiger partial charge in [0.25, 0.3) is 0 Å². The fourth-order valence-corrected chi connectivity index (χ4v) is 5.58. The molecule has 1 amide bonds. The number of carbonyl (C=O) groups excluding carboxylic acids is 1. The summed E-state index contributed by atoms with van der Waals surface area (Å²) in [4.78, 5) is 12.6. The van der Waals surface area contributed by atoms with Crippen molar-refractivity contribution in [3.8, 4) is 0 Å². The highest BCUT2D eigenvalue weighted by Crippen LogP contribution is 2.30. The van der Waals surface area contributed by atoms with Crippen molar-refractivity contribution in [2.45, 2.75) is 32.5 Å². The van der Waals surface area contributed by atoms with Crippen LogP contribution in [-0.4, -0.2) is 48.3 Å². The van der Waals surface area contributed by atoms with Crippen molar-refractivity contribution in [3.05, 3.63) is 71.4 Å². The molecule has 0 saturated carbocycles. The van der Waals surface area contributed by atoms with Crippen LogP contribution in [-0.2, 0) is 27.5 Å². The maximum Gasteiger partial charge on any atom is 0.416 e. The second-order valence-corrected chi connectivity index (χ2v) is 11.0. The third kappa shape index (κ3) is 5.79. The van der Waals surface area contributed by atoms with E-state index in [0.717, 1.165) is 23.0 Å². The Kier molecular flexibility index (Phi) is 7.51. The van der Waals surface area contributed by atoms with Gasteiger partial charge in [0.05, 0.1) is 23.4 Å². The van der Waals surface area contributed by atoms with Crippen LogP contribution in [0, 0.1) is 5.92 Å². The first-order valence-corrected chi connectivity index (χ1v) is 13.2. The van der Waals surface area contributed by atoms with Gasteiger partial charge in [-0.15, -0.1) is 0 Å². The predicted octanol–water partition coefficient (Wildman–Crippen LogP) is 4.22. The first-order chi connectivity index (χ1) is 17.1. The van der Waals surface area contributed by atoms with Crippen LogP contribution in [0.25, 0.3) is 10.9 Å². The summed E-state index contributed by atoms with van der Waals surface area (Å²) in [7, 11) is -3.36. The molecule has 2 aromatic carbocycles. The van der Waals surface area contributed by atoms with Crippen LogP contribution in [0.4, 0.5) is 13.2 Å². The lowest BCUT2D eigenvalue weighted by molar-refractivity contribution is -0.137. The molecule has 0 aliphatic carbocycles. The van der Waals surface area contributed by atoms with Crippen LogP contribution in [0.15, 0.2) is 59.8 Å². The summed E-state index contributed by atoms with van der Waals surface area (Å²) in [6, 6.07) is 12.6. The molecule has 1 aromatic heterocycles. The molecule has 0 bridgehead atoms. The Morgan fingerprint density at radius 2 is 1.97 bits per heavy atom. The summed E-state index contributed by atoms with van der Waals surface area (Å²) in [5.41, 5.74) is 3.83. The summed E-state index contributed by atoms with van der Waals surface area (Å²) >= 11 is 0. The van der Waals surface area contributed by atoms with E-state index in [1.165, 1.54) is 16.6 Å². The number of alkyl halides is 3. The molecule has 1 N–H and O–H groups in total. The van der Waals surface area contributed by atoms with Gasteiger partial charge in [-0.3, -0.25) is 4.79 Å². The number of rotatable bonds is 7. The Balaban J connectivity index is 1.49. The number of aromatic nitrogens is 1. The number of benzene rings is 2. The summed E-state index contributed by atoms with van der Waals surface area (Å²) in [5.74, 6) is -0.848. The molecule has 36 heavy (non-hydrogen) atoms. The number of hydrazone groups is 1. The standard InChI is InChI=1S/C25H27F3N4O3S/c1-2-36(34,35)32-12-6-8-19(17-32)24(33)30-29-14-20-16-31(23-11-4-3-10-22(20)23)15-18-7-5-9-21(13-18)25(26,27)28/h3-5,7,9-11,13-14,16,19H,2,6,8,12,15,17H2,1H3,(H,30,33)/b29-14-/t19-/m1/s1. The van der Waals surface area contributed by atoms with E-state index < -0.39 is 27.7 Å². The zero-order chi connectivity index (χ0) is 25.9. The zero-order valence-electron chi connectivity index (χ0n) is 19.7. The number of hydrogen-bond acceptors (Lipinski definition) is 4. The lowest BCUT2D eigenvalue weighted by Crippen LogP contribution is -2.45. The SMILES string of the molecule is CCS(=O)(=O)N1CCC[C@@H](C(=O)N/N=C\c2cn(Cc3cccc(C(F)(F)F)c3)c3ccccc23)C1. The molecule has 2 heterocycles. The van der Waals surface area contributed by atoms with Gasteiger partial charge in [0.15, 0.2) is 0 Å². The van der Waals surface area contributed by atoms with Crippen molar-refractivity contribution >= 4 is 33.0 Å². The predicted molar refractivity (Wildman–Crippen MR) is 132 cm³/mol. The average molecular weight is 521 g/mol. The topological polar surface area (TPSA) is 83.8 Å². The fourth-order valence-electron chi connectivity index (χ4n) is 4.40. The number of piperidine rings is 1. The zero-order valence-corrected chi connectivity index (χ0v) is 20.5. The Morgan fingerprint density at radius 3 is 2.72 bits per heavy atom. The number of nitrogens with zero attached hydrogens (tertiary/aromatic N) is 3. The molecular formula is C25H27F3N4O3S. The molecule has 0 unspecified atom stereocenters. The molecular weight excluding hydrogens is 493 g/mol. The molecule has 11 heteroatoms. The number of fused-ring (bicyclic) bond motifs is 1. The third-order valence-corrected chi connectivity index (χ3v) is 8.17. The van der Waals surface area contributed by atoms with Gasteiger partial charge in [-0.1, -0.05) is 30.3 Å². The van der Waals surface area contributed by atoms with Gasteiger partial charge in [0.2, 0.25) is 15.9 Å². The summed E-state index contributed by atoms with van der Waals surface area (Å²) in [6.07, 6.45) is 0.0291. The van der Waals surface area contributed by atoms with Gasteiger partial charge >= 0.3 is 6.18 Å². The van der Waals surface area contributed by atoms with Gasteiger partial charge in [-0.2, -0.15) is 18.3 Å². The Hall–Kier alpha value is -3.18. The lowest BCUT2D eigenvalue weighted by atomic mass is 9.99. The molecule has 3 aromatic rings. The molecule has 0 spiro atoms. The molecule has 1 atom stereocenters. The minimum Gasteiger partial charge on any atom is -0.342 e. The van der Waals surface area contributed by atoms with E-state index in [0.29, 0.717) is 30.5 Å². The number of hydrogen-bond donors (Lipinski definition) is 1. The highest BCUT2D eigenvalue weighted by molar-refractivity contribution is 7.89. The van der Waals surface area contributed by atoms with Crippen LogP contribution < -0.4 is 5.43 Å². The van der Waals surface area contributed by atoms with Crippen molar-refractivity contribution in [1.82, 2.24) is 14.3 Å². The second-order valence-electron chi connectivity index (χ2n) is 8.76. The Morgan fingerprint density at radius 1 is 1.19 bits per heavy atom. The first kappa shape index (κ1) is 25.9. The second kappa shape index (κ2) is 10.4. The largest absolute Gasteiger partial charge is 0.416 e. The number of amides is 1. The summed E-state index contributed by atoms with van der Waals surface area (Å²) in [5, 5.41) is 4.92. The number of para-hydroxylation sites is 1. The van der Waals surface area contributed by atoms with E-state index in [1.54, 1.807) is 19.2 Å². The van der Waals surface area contributed by atoms with Crippen LogP contribution in [0.2, 0.25) is 0 Å². The average Bonchev–Trinajstić information content (AvgIpc) is 3.21. The van der Waals surface area contributed by atoms with Crippen LogP contribution in [0.5, 0.6) is 0 Å². The van der Waals surface area contributed by atoms with E-state index in [1.807, 2.05) is 28.8 Å². The van der Waals surface area contributed by atoms with Crippen molar-refractivity contribution in [2.75, 3.05) is 18.8 Å². The Labute approximate surface area is 207 Å². The van der Waals surface area contributed by atoms with Crippen LogP contribution in [0.3, 0.4) is 0 Å². The minimum absolute atomic E-state index is 0.00987. The van der Waals surface area contributed by atoms with Gasteiger partial charge in [0, 0.05) is 42.3 Å². The highest BCUT2D eigenvalue weighted by atomic mass is 32.2. The normalized spacial score (nSPS) is 17.6. The number of halogens is 3. The monoisotopic (exact) mass is 520 g/mol. The molecule has 0 radical (unpaired) electrons. The Bertz CT molecular complexity index is 1380. The van der Waals surface area contributed by atoms with Gasteiger partial charge in [0.1, 0.15) is 0 Å². The molecule has 1 aliphatic rings. The van der Waals surface area contributed by atoms with Crippen LogP contribution in [0.1, 0.15) is 36.5 Å². The maximum atomic E-state index is 13.1. The molecule has 1 fully saturated rings. The molecule has 192 valence electrons. The highest BCUT2D eigenvalue weighted by Gasteiger charge is 2.32. The van der Waals surface area contributed by atoms with Crippen molar-refractivity contribution in [2.24, 2.45) is 11.0 Å². The van der Waals surface area contributed by atoms with E-state index in [4.69, 9.17) is 0 Å². The van der Waals surface area contributed by atoms with Crippen LogP contribution >= 0.6 is 0 Å². The van der Waals surface area contributed by atoms with Crippen molar-refractivity contribution in [1.29, 1.82) is 0 Å². The molecule has 7 nitrogen and oxygen atoms in total. The van der Waals surface area contributed by atoms with E-state index in [9.17, 15) is 26.4 Å². The maximum absolute atomic E-state index is 13.1. The quantitative estimate of drug-likeness (QED) is 0.374. The van der Waals surface area contributed by atoms with Gasteiger partial charge < -0.3 is 4.57 Å². The lowest BCUT2D eigenvalue weighted by Gasteiger charge is -2.30. The minimum atomic E-state index is -4.42. The molecule has 1 aliphatic heterocycles. The molecule has 4 rings (SSSR count). The van der Waals surface area contributed by atoms with Gasteiger partial charge in [-0.05, 0) is 43.5 Å². The first-order valence-electron chi connectivity index (χ1n) is 11.6. The summed E-state index contributed by atoms with van der Waals surface area (Å²) < 4.78 is 66.8. The molecule has 1 saturated heterocycles. The third-order valence-electron chi connectivity index (χ3n) is 6.32. The number of sulfonamides is 1. The van der Waals surface area contributed by atoms with E-state index in [2.05, 4.69) is 10.5 Å².